The maximum Gasteiger partial charge on any atom is 0.289 e. The van der Waals surface area contributed by atoms with E-state index in [0.29, 0.717) is 24.9 Å². The van der Waals surface area contributed by atoms with E-state index in [9.17, 15) is 5.11 Å². The second kappa shape index (κ2) is 4.43. The average Bonchev–Trinajstić information content (AvgIpc) is 2.77. The molecule has 1 aliphatic rings. The first kappa shape index (κ1) is 10.8. The van der Waals surface area contributed by atoms with Gasteiger partial charge in [-0.3, -0.25) is 0 Å². The highest BCUT2D eigenvalue weighted by Gasteiger charge is 2.12. The van der Waals surface area contributed by atoms with Gasteiger partial charge in [0.25, 0.3) is 6.02 Å². The van der Waals surface area contributed by atoms with Crippen LogP contribution in [-0.2, 0) is 11.2 Å². The van der Waals surface area contributed by atoms with Gasteiger partial charge in [0.05, 0.1) is 6.54 Å². The minimum Gasteiger partial charge on any atom is -0.508 e. The number of anilines is 1. The molecule has 1 aromatic rings. The normalized spacial score (nSPS) is 14.5. The first-order chi connectivity index (χ1) is 7.72. The van der Waals surface area contributed by atoms with Gasteiger partial charge in [-0.05, 0) is 36.6 Å². The Hall–Kier alpha value is -1.71. The number of phenols is 1. The van der Waals surface area contributed by atoms with Crippen molar-refractivity contribution in [2.24, 2.45) is 4.99 Å². The summed E-state index contributed by atoms with van der Waals surface area (Å²) in [5.74, 6) is 0.330. The van der Waals surface area contributed by atoms with Crippen LogP contribution in [0.15, 0.2) is 17.1 Å². The second-order valence-corrected chi connectivity index (χ2v) is 3.75. The van der Waals surface area contributed by atoms with Crippen LogP contribution >= 0.6 is 0 Å². The number of nitrogens with zero attached hydrogens (tertiary/aromatic N) is 1. The van der Waals surface area contributed by atoms with Crippen molar-refractivity contribution in [3.63, 3.8) is 0 Å². The van der Waals surface area contributed by atoms with E-state index in [1.165, 1.54) is 0 Å². The monoisotopic (exact) mass is 220 g/mol. The van der Waals surface area contributed by atoms with Gasteiger partial charge in [0.1, 0.15) is 12.4 Å². The molecule has 16 heavy (non-hydrogen) atoms. The predicted octanol–water partition coefficient (Wildman–Crippen LogP) is 2.06. The molecule has 0 saturated heterocycles. The lowest BCUT2D eigenvalue weighted by Crippen LogP contribution is -2.13. The average molecular weight is 220 g/mol. The Bertz CT molecular complexity index is 427. The van der Waals surface area contributed by atoms with Crippen molar-refractivity contribution in [2.75, 3.05) is 18.5 Å². The Kier molecular flexibility index (Phi) is 2.99. The topological polar surface area (TPSA) is 53.9 Å². The summed E-state index contributed by atoms with van der Waals surface area (Å²) in [6.07, 6.45) is 0.857. The quantitative estimate of drug-likeness (QED) is 0.750. The number of amidine groups is 1. The fourth-order valence-electron chi connectivity index (χ4n) is 1.84. The SMILES string of the molecule is CCc1c(NC2=NCCO2)ccc(O)c1C. The molecule has 1 heterocycles. The number of benzene rings is 1. The summed E-state index contributed by atoms with van der Waals surface area (Å²) in [7, 11) is 0. The lowest BCUT2D eigenvalue weighted by molar-refractivity contribution is 0.346. The van der Waals surface area contributed by atoms with Crippen LogP contribution in [0.25, 0.3) is 0 Å². The summed E-state index contributed by atoms with van der Waals surface area (Å²) in [6, 6.07) is 4.11. The molecule has 0 fully saturated rings. The van der Waals surface area contributed by atoms with Gasteiger partial charge in [-0.25, -0.2) is 4.99 Å². The third kappa shape index (κ3) is 1.96. The molecule has 1 aliphatic heterocycles. The van der Waals surface area contributed by atoms with Gasteiger partial charge < -0.3 is 15.2 Å². The Morgan fingerprint density at radius 1 is 1.50 bits per heavy atom. The Balaban J connectivity index is 2.29. The highest BCUT2D eigenvalue weighted by molar-refractivity contribution is 5.91. The van der Waals surface area contributed by atoms with Crippen molar-refractivity contribution in [3.8, 4) is 5.75 Å². The van der Waals surface area contributed by atoms with Crippen molar-refractivity contribution >= 4 is 11.7 Å². The van der Waals surface area contributed by atoms with Crippen molar-refractivity contribution in [2.45, 2.75) is 20.3 Å². The zero-order valence-electron chi connectivity index (χ0n) is 9.58. The molecule has 0 amide bonds. The first-order valence-electron chi connectivity index (χ1n) is 5.48. The van der Waals surface area contributed by atoms with E-state index in [-0.39, 0.29) is 0 Å². The van der Waals surface area contributed by atoms with Crippen LogP contribution in [0.1, 0.15) is 18.1 Å². The van der Waals surface area contributed by atoms with Gasteiger partial charge in [-0.2, -0.15) is 0 Å². The maximum absolute atomic E-state index is 9.63. The van der Waals surface area contributed by atoms with Gasteiger partial charge in [0.15, 0.2) is 0 Å². The molecular weight excluding hydrogens is 204 g/mol. The lowest BCUT2D eigenvalue weighted by Gasteiger charge is -2.13. The Labute approximate surface area is 95.0 Å². The molecule has 86 valence electrons. The Morgan fingerprint density at radius 3 is 2.94 bits per heavy atom. The molecule has 0 atom stereocenters. The number of aliphatic imine (C=N–C) groups is 1. The third-order valence-electron chi connectivity index (χ3n) is 2.75. The van der Waals surface area contributed by atoms with Crippen LogP contribution in [-0.4, -0.2) is 24.3 Å². The standard InChI is InChI=1S/C12H16N2O2/c1-3-9-8(2)11(15)5-4-10(9)14-12-13-6-7-16-12/h4-5,15H,3,6-7H2,1-2H3,(H,13,14). The number of aromatic hydroxyl groups is 1. The molecule has 0 aromatic heterocycles. The van der Waals surface area contributed by atoms with Crippen LogP contribution in [0.5, 0.6) is 5.75 Å². The lowest BCUT2D eigenvalue weighted by atomic mass is 10.0. The van der Waals surface area contributed by atoms with E-state index in [4.69, 9.17) is 4.74 Å². The summed E-state index contributed by atoms with van der Waals surface area (Å²) >= 11 is 0. The fourth-order valence-corrected chi connectivity index (χ4v) is 1.84. The smallest absolute Gasteiger partial charge is 0.289 e. The predicted molar refractivity (Wildman–Crippen MR) is 64.1 cm³/mol. The van der Waals surface area contributed by atoms with Crippen LogP contribution < -0.4 is 5.32 Å². The van der Waals surface area contributed by atoms with Crippen LogP contribution in [0, 0.1) is 6.92 Å². The minimum atomic E-state index is 0.330. The second-order valence-electron chi connectivity index (χ2n) is 3.75. The van der Waals surface area contributed by atoms with E-state index in [0.717, 1.165) is 23.2 Å². The van der Waals surface area contributed by atoms with Gasteiger partial charge >= 0.3 is 0 Å². The summed E-state index contributed by atoms with van der Waals surface area (Å²) < 4.78 is 5.30. The molecule has 0 spiro atoms. The highest BCUT2D eigenvalue weighted by atomic mass is 16.5. The molecule has 0 saturated carbocycles. The van der Waals surface area contributed by atoms with Gasteiger partial charge in [0.2, 0.25) is 0 Å². The van der Waals surface area contributed by atoms with E-state index < -0.39 is 0 Å². The number of phenolic OH excluding ortho intramolecular Hbond substituents is 1. The van der Waals surface area contributed by atoms with Crippen LogP contribution in [0.3, 0.4) is 0 Å². The zero-order chi connectivity index (χ0) is 11.5. The van der Waals surface area contributed by atoms with E-state index in [1.807, 2.05) is 13.0 Å². The highest BCUT2D eigenvalue weighted by Crippen LogP contribution is 2.27. The fraction of sp³-hybridized carbons (Fsp3) is 0.417. The third-order valence-corrected chi connectivity index (χ3v) is 2.75. The van der Waals surface area contributed by atoms with Crippen molar-refractivity contribution in [1.82, 2.24) is 0 Å². The minimum absolute atomic E-state index is 0.330. The number of rotatable bonds is 2. The summed E-state index contributed by atoms with van der Waals surface area (Å²) in [5.41, 5.74) is 2.96. The van der Waals surface area contributed by atoms with Crippen molar-refractivity contribution < 1.29 is 9.84 Å². The molecule has 1 aromatic carbocycles. The van der Waals surface area contributed by atoms with E-state index in [2.05, 4.69) is 17.2 Å². The molecule has 4 heteroatoms. The zero-order valence-corrected chi connectivity index (χ0v) is 9.58. The molecule has 2 N–H and O–H groups in total. The van der Waals surface area contributed by atoms with Gasteiger partial charge in [-0.15, -0.1) is 0 Å². The number of ether oxygens (including phenoxy) is 1. The first-order valence-corrected chi connectivity index (χ1v) is 5.48. The number of nitrogens with one attached hydrogen (secondary N) is 1. The number of hydrogen-bond donors (Lipinski definition) is 2. The van der Waals surface area contributed by atoms with E-state index >= 15 is 0 Å². The molecule has 0 aliphatic carbocycles. The maximum atomic E-state index is 9.63. The van der Waals surface area contributed by atoms with Crippen LogP contribution in [0.4, 0.5) is 5.69 Å². The van der Waals surface area contributed by atoms with Gasteiger partial charge in [0, 0.05) is 5.69 Å². The molecule has 0 radical (unpaired) electrons. The van der Waals surface area contributed by atoms with Crippen molar-refractivity contribution in [1.29, 1.82) is 0 Å². The number of hydrogen-bond acceptors (Lipinski definition) is 4. The van der Waals surface area contributed by atoms with E-state index in [1.54, 1.807) is 6.07 Å². The largest absolute Gasteiger partial charge is 0.508 e. The molecule has 2 rings (SSSR count). The van der Waals surface area contributed by atoms with Gasteiger partial charge in [-0.1, -0.05) is 6.92 Å². The molecule has 0 unspecified atom stereocenters. The molecular formula is C12H16N2O2. The van der Waals surface area contributed by atoms with Crippen molar-refractivity contribution in [3.05, 3.63) is 23.3 Å². The Morgan fingerprint density at radius 2 is 2.31 bits per heavy atom. The van der Waals surface area contributed by atoms with Crippen LogP contribution in [0.2, 0.25) is 0 Å². The molecule has 0 bridgehead atoms. The molecule has 4 nitrogen and oxygen atoms in total. The summed E-state index contributed by atoms with van der Waals surface area (Å²) in [5, 5.41) is 12.8. The summed E-state index contributed by atoms with van der Waals surface area (Å²) in [6.45, 7) is 5.32. The summed E-state index contributed by atoms with van der Waals surface area (Å²) in [4.78, 5) is 4.18.